The van der Waals surface area contributed by atoms with Crippen LogP contribution >= 0.6 is 0 Å². The average Bonchev–Trinajstić information content (AvgIpc) is 3.61. The van der Waals surface area contributed by atoms with Crippen molar-refractivity contribution in [1.82, 2.24) is 14.7 Å². The molecule has 8 nitrogen and oxygen atoms in total. The number of benzene rings is 3. The lowest BCUT2D eigenvalue weighted by molar-refractivity contribution is 0.0506. The maximum atomic E-state index is 13.9. The minimum absolute atomic E-state index is 0.0215. The molecule has 39 heavy (non-hydrogen) atoms. The van der Waals surface area contributed by atoms with E-state index in [-0.39, 0.29) is 12.0 Å². The summed E-state index contributed by atoms with van der Waals surface area (Å²) in [5.74, 6) is 2.47. The highest BCUT2D eigenvalue weighted by Crippen LogP contribution is 2.35. The monoisotopic (exact) mass is 527 g/mol. The molecule has 1 saturated heterocycles. The van der Waals surface area contributed by atoms with Crippen LogP contribution in [0.3, 0.4) is 0 Å². The Morgan fingerprint density at radius 2 is 1.72 bits per heavy atom. The standard InChI is InChI=1S/C31H33N3O5/c1-33-31(39-26-12-7-11-25(19-26)37-3)28(29(32-33)22-9-5-4-6-10-22)21-34(20-27-13-8-18-38-27)30(35)23-14-16-24(36-2)17-15-23/h4-7,9-12,14-17,19,27H,8,13,18,20-21H2,1-3H3/t27-/m1/s1. The molecule has 1 atom stereocenters. The molecule has 2 heterocycles. The van der Waals surface area contributed by atoms with Crippen molar-refractivity contribution in [2.45, 2.75) is 25.5 Å². The minimum atomic E-state index is -0.0941. The van der Waals surface area contributed by atoms with Gasteiger partial charge in [0, 0.05) is 37.4 Å². The van der Waals surface area contributed by atoms with Crippen LogP contribution in [-0.4, -0.2) is 54.1 Å². The molecule has 0 saturated carbocycles. The van der Waals surface area contributed by atoms with Gasteiger partial charge in [0.15, 0.2) is 0 Å². The molecule has 8 heteroatoms. The summed E-state index contributed by atoms with van der Waals surface area (Å²) in [6.07, 6.45) is 1.88. The molecule has 0 radical (unpaired) electrons. The quantitative estimate of drug-likeness (QED) is 0.263. The number of hydrogen-bond donors (Lipinski definition) is 0. The maximum Gasteiger partial charge on any atom is 0.254 e. The van der Waals surface area contributed by atoms with E-state index in [1.807, 2.05) is 66.5 Å². The fourth-order valence-electron chi connectivity index (χ4n) is 4.79. The first-order valence-corrected chi connectivity index (χ1v) is 13.0. The van der Waals surface area contributed by atoms with Crippen molar-refractivity contribution in [3.8, 4) is 34.4 Å². The number of nitrogens with zero attached hydrogens (tertiary/aromatic N) is 3. The normalized spacial score (nSPS) is 14.7. The second-order valence-electron chi connectivity index (χ2n) is 9.45. The Balaban J connectivity index is 1.55. The van der Waals surface area contributed by atoms with Gasteiger partial charge >= 0.3 is 0 Å². The number of methoxy groups -OCH3 is 2. The van der Waals surface area contributed by atoms with Gasteiger partial charge in [-0.05, 0) is 49.2 Å². The molecule has 202 valence electrons. The summed E-state index contributed by atoms with van der Waals surface area (Å²) < 4.78 is 24.7. The van der Waals surface area contributed by atoms with Crippen molar-refractivity contribution in [3.63, 3.8) is 0 Å². The second-order valence-corrected chi connectivity index (χ2v) is 9.45. The lowest BCUT2D eigenvalue weighted by Crippen LogP contribution is -2.37. The van der Waals surface area contributed by atoms with E-state index in [9.17, 15) is 4.79 Å². The zero-order valence-electron chi connectivity index (χ0n) is 22.5. The van der Waals surface area contributed by atoms with E-state index in [1.54, 1.807) is 43.2 Å². The number of carbonyl (C=O) groups excluding carboxylic acids is 1. The molecule has 1 aliphatic heterocycles. The Hall–Kier alpha value is -4.30. The second kappa shape index (κ2) is 12.0. The molecule has 1 fully saturated rings. The zero-order chi connectivity index (χ0) is 27.2. The molecule has 1 amide bonds. The first-order valence-electron chi connectivity index (χ1n) is 13.0. The van der Waals surface area contributed by atoms with Gasteiger partial charge in [0.05, 0.1) is 32.4 Å². The summed E-state index contributed by atoms with van der Waals surface area (Å²) >= 11 is 0. The van der Waals surface area contributed by atoms with Crippen LogP contribution in [0.2, 0.25) is 0 Å². The number of amides is 1. The lowest BCUT2D eigenvalue weighted by atomic mass is 10.1. The zero-order valence-corrected chi connectivity index (χ0v) is 22.5. The van der Waals surface area contributed by atoms with E-state index in [0.717, 1.165) is 29.7 Å². The first kappa shape index (κ1) is 26.3. The van der Waals surface area contributed by atoms with E-state index >= 15 is 0 Å². The van der Waals surface area contributed by atoms with Gasteiger partial charge in [-0.3, -0.25) is 4.79 Å². The highest BCUT2D eigenvalue weighted by Gasteiger charge is 2.28. The topological polar surface area (TPSA) is 75.1 Å². The number of rotatable bonds is 10. The van der Waals surface area contributed by atoms with E-state index in [4.69, 9.17) is 24.0 Å². The third kappa shape index (κ3) is 6.07. The van der Waals surface area contributed by atoms with Gasteiger partial charge in [0.2, 0.25) is 5.88 Å². The van der Waals surface area contributed by atoms with E-state index < -0.39 is 0 Å². The predicted molar refractivity (Wildman–Crippen MR) is 148 cm³/mol. The average molecular weight is 528 g/mol. The number of ether oxygens (including phenoxy) is 4. The minimum Gasteiger partial charge on any atom is -0.497 e. The van der Waals surface area contributed by atoms with Crippen LogP contribution in [0.1, 0.15) is 28.8 Å². The Morgan fingerprint density at radius 3 is 2.41 bits per heavy atom. The molecule has 0 aliphatic carbocycles. The maximum absolute atomic E-state index is 13.9. The van der Waals surface area contributed by atoms with Gasteiger partial charge in [-0.15, -0.1) is 0 Å². The number of aromatic nitrogens is 2. The Morgan fingerprint density at radius 1 is 0.974 bits per heavy atom. The fraction of sp³-hybridized carbons (Fsp3) is 0.290. The number of hydrogen-bond acceptors (Lipinski definition) is 6. The summed E-state index contributed by atoms with van der Waals surface area (Å²) in [5, 5.41) is 4.83. The van der Waals surface area contributed by atoms with Crippen LogP contribution in [0.5, 0.6) is 23.1 Å². The van der Waals surface area contributed by atoms with Gasteiger partial charge in [-0.25, -0.2) is 4.68 Å². The van der Waals surface area contributed by atoms with Crippen LogP contribution in [0.25, 0.3) is 11.3 Å². The highest BCUT2D eigenvalue weighted by atomic mass is 16.5. The third-order valence-corrected chi connectivity index (χ3v) is 6.81. The predicted octanol–water partition coefficient (Wildman–Crippen LogP) is 5.72. The van der Waals surface area contributed by atoms with Crippen molar-refractivity contribution in [2.75, 3.05) is 27.4 Å². The van der Waals surface area contributed by atoms with Crippen molar-refractivity contribution < 1.29 is 23.7 Å². The summed E-state index contributed by atoms with van der Waals surface area (Å²) in [5.41, 5.74) is 3.09. The largest absolute Gasteiger partial charge is 0.497 e. The van der Waals surface area contributed by atoms with Gasteiger partial charge in [-0.1, -0.05) is 36.4 Å². The van der Waals surface area contributed by atoms with Crippen LogP contribution in [0.4, 0.5) is 0 Å². The molecule has 5 rings (SSSR count). The van der Waals surface area contributed by atoms with Gasteiger partial charge in [0.1, 0.15) is 22.9 Å². The lowest BCUT2D eigenvalue weighted by Gasteiger charge is -2.26. The smallest absolute Gasteiger partial charge is 0.254 e. The Labute approximate surface area is 228 Å². The van der Waals surface area contributed by atoms with E-state index in [1.165, 1.54) is 0 Å². The van der Waals surface area contributed by atoms with Crippen molar-refractivity contribution in [3.05, 3.63) is 90.0 Å². The summed E-state index contributed by atoms with van der Waals surface area (Å²) in [7, 11) is 5.08. The van der Waals surface area contributed by atoms with Crippen molar-refractivity contribution >= 4 is 5.91 Å². The number of carbonyl (C=O) groups is 1. The molecule has 0 N–H and O–H groups in total. The van der Waals surface area contributed by atoms with Gasteiger partial charge in [-0.2, -0.15) is 5.10 Å². The Kier molecular flexibility index (Phi) is 8.13. The summed E-state index contributed by atoms with van der Waals surface area (Å²) in [4.78, 5) is 15.7. The van der Waals surface area contributed by atoms with Crippen LogP contribution < -0.4 is 14.2 Å². The molecule has 1 aliphatic rings. The highest BCUT2D eigenvalue weighted by molar-refractivity contribution is 5.94. The van der Waals surface area contributed by atoms with Crippen LogP contribution in [0.15, 0.2) is 78.9 Å². The molecule has 0 unspecified atom stereocenters. The molecule has 1 aromatic heterocycles. The molecule has 0 spiro atoms. The van der Waals surface area contributed by atoms with Crippen LogP contribution in [-0.2, 0) is 18.3 Å². The molecule has 0 bridgehead atoms. The molecular weight excluding hydrogens is 494 g/mol. The van der Waals surface area contributed by atoms with Gasteiger partial charge in [0.25, 0.3) is 5.91 Å². The first-order chi connectivity index (χ1) is 19.1. The number of aryl methyl sites for hydroxylation is 1. The SMILES string of the molecule is COc1ccc(C(=O)N(Cc2c(-c3ccccc3)nn(C)c2Oc2cccc(OC)c2)C[C@H]2CCCO2)cc1. The summed E-state index contributed by atoms with van der Waals surface area (Å²) in [6.45, 7) is 1.47. The van der Waals surface area contributed by atoms with Crippen LogP contribution in [0, 0.1) is 0 Å². The molecule has 4 aromatic rings. The summed E-state index contributed by atoms with van der Waals surface area (Å²) in [6, 6.07) is 24.6. The van der Waals surface area contributed by atoms with Crippen molar-refractivity contribution in [1.29, 1.82) is 0 Å². The molecule has 3 aromatic carbocycles. The fourth-order valence-corrected chi connectivity index (χ4v) is 4.79. The Bertz CT molecular complexity index is 1400. The molecular formula is C31H33N3O5. The van der Waals surface area contributed by atoms with E-state index in [2.05, 4.69) is 0 Å². The van der Waals surface area contributed by atoms with Crippen molar-refractivity contribution in [2.24, 2.45) is 7.05 Å². The van der Waals surface area contributed by atoms with E-state index in [0.29, 0.717) is 48.4 Å². The van der Waals surface area contributed by atoms with Gasteiger partial charge < -0.3 is 23.8 Å². The third-order valence-electron chi connectivity index (χ3n) is 6.81.